The van der Waals surface area contributed by atoms with Crippen molar-refractivity contribution in [3.8, 4) is 5.75 Å². The highest BCUT2D eigenvalue weighted by atomic mass is 16.5. The Morgan fingerprint density at radius 1 is 1.19 bits per heavy atom. The topological polar surface area (TPSA) is 50.6 Å². The van der Waals surface area contributed by atoms with Crippen LogP contribution in [0.1, 0.15) is 63.8 Å². The summed E-state index contributed by atoms with van der Waals surface area (Å²) in [5, 5.41) is 0. The van der Waals surface area contributed by atoms with E-state index in [4.69, 9.17) is 9.72 Å². The highest BCUT2D eigenvalue weighted by Crippen LogP contribution is 2.49. The minimum atomic E-state index is -0.371. The molecular weight excluding hydrogens is 388 g/mol. The molecule has 0 radical (unpaired) electrons. The van der Waals surface area contributed by atoms with Crippen LogP contribution in [0, 0.1) is 5.41 Å². The number of carbonyl (C=O) groups is 1. The van der Waals surface area contributed by atoms with Gasteiger partial charge in [0.15, 0.2) is 0 Å². The van der Waals surface area contributed by atoms with Crippen LogP contribution in [-0.2, 0) is 11.3 Å². The van der Waals surface area contributed by atoms with Gasteiger partial charge in [0.05, 0.1) is 23.5 Å². The standard InChI is InChI=1S/C25H36N4O2/c1-18(2)29-15-23(26-17-29)22-14-28(16-25(22)11-6-12-27(5)24(25)30)13-20-7-9-21(10-8-20)31-19(3)4/h7-10,15,17-19,22H,6,11-14,16H2,1-5H3/t22-,25-/m0/s1. The van der Waals surface area contributed by atoms with Gasteiger partial charge in [0.2, 0.25) is 5.91 Å². The summed E-state index contributed by atoms with van der Waals surface area (Å²) in [6.45, 7) is 11.7. The van der Waals surface area contributed by atoms with Crippen LogP contribution in [0.2, 0.25) is 0 Å². The molecule has 2 atom stereocenters. The lowest BCUT2D eigenvalue weighted by Gasteiger charge is -2.40. The number of imidazole rings is 1. The van der Waals surface area contributed by atoms with Gasteiger partial charge < -0.3 is 14.2 Å². The second-order valence-electron chi connectivity index (χ2n) is 9.86. The maximum absolute atomic E-state index is 13.5. The van der Waals surface area contributed by atoms with Crippen molar-refractivity contribution in [1.29, 1.82) is 0 Å². The van der Waals surface area contributed by atoms with Crippen molar-refractivity contribution >= 4 is 5.91 Å². The Bertz CT molecular complexity index is 905. The van der Waals surface area contributed by atoms with Gasteiger partial charge in [-0.1, -0.05) is 12.1 Å². The number of amides is 1. The first kappa shape index (κ1) is 21.9. The maximum Gasteiger partial charge on any atom is 0.230 e. The molecule has 0 saturated carbocycles. The van der Waals surface area contributed by atoms with Gasteiger partial charge in [0.1, 0.15) is 5.75 Å². The molecule has 0 unspecified atom stereocenters. The Morgan fingerprint density at radius 2 is 1.94 bits per heavy atom. The summed E-state index contributed by atoms with van der Waals surface area (Å²) >= 11 is 0. The van der Waals surface area contributed by atoms with E-state index in [1.54, 1.807) is 0 Å². The normalized spacial score (nSPS) is 24.7. The largest absolute Gasteiger partial charge is 0.491 e. The average Bonchev–Trinajstić information content (AvgIpc) is 3.33. The molecular formula is C25H36N4O2. The second kappa shape index (κ2) is 8.65. The molecule has 168 valence electrons. The SMILES string of the molecule is CC(C)Oc1ccc(CN2C[C@@H](c3cn(C(C)C)cn3)[C@]3(CCCN(C)C3=O)C2)cc1. The first-order chi connectivity index (χ1) is 14.8. The van der Waals surface area contributed by atoms with Crippen LogP contribution in [0.4, 0.5) is 0 Å². The van der Waals surface area contributed by atoms with Crippen molar-refractivity contribution < 1.29 is 9.53 Å². The number of piperidine rings is 1. The van der Waals surface area contributed by atoms with Gasteiger partial charge in [0.25, 0.3) is 0 Å². The lowest BCUT2D eigenvalue weighted by atomic mass is 9.70. The van der Waals surface area contributed by atoms with Gasteiger partial charge >= 0.3 is 0 Å². The molecule has 0 bridgehead atoms. The van der Waals surface area contributed by atoms with Gasteiger partial charge in [-0.05, 0) is 58.2 Å². The molecule has 2 saturated heterocycles. The third-order valence-electron chi connectivity index (χ3n) is 6.78. The van der Waals surface area contributed by atoms with E-state index in [1.807, 2.05) is 44.3 Å². The number of likely N-dealkylation sites (tertiary alicyclic amines) is 2. The van der Waals surface area contributed by atoms with Gasteiger partial charge in [-0.3, -0.25) is 9.69 Å². The summed E-state index contributed by atoms with van der Waals surface area (Å²) in [7, 11) is 1.95. The van der Waals surface area contributed by atoms with E-state index in [0.29, 0.717) is 6.04 Å². The number of nitrogens with zero attached hydrogens (tertiary/aromatic N) is 4. The number of rotatable bonds is 6. The van der Waals surface area contributed by atoms with E-state index in [9.17, 15) is 4.79 Å². The van der Waals surface area contributed by atoms with Crippen LogP contribution in [0.25, 0.3) is 0 Å². The maximum atomic E-state index is 13.5. The third-order valence-corrected chi connectivity index (χ3v) is 6.78. The fourth-order valence-electron chi connectivity index (χ4n) is 5.21. The number of carbonyl (C=O) groups excluding carboxylic acids is 1. The van der Waals surface area contributed by atoms with Gasteiger partial charge in [-0.15, -0.1) is 0 Å². The predicted molar refractivity (Wildman–Crippen MR) is 122 cm³/mol. The molecule has 0 N–H and O–H groups in total. The van der Waals surface area contributed by atoms with E-state index in [2.05, 4.69) is 41.6 Å². The molecule has 1 aromatic heterocycles. The monoisotopic (exact) mass is 424 g/mol. The summed E-state index contributed by atoms with van der Waals surface area (Å²) in [5.74, 6) is 1.31. The third kappa shape index (κ3) is 4.36. The first-order valence-corrected chi connectivity index (χ1v) is 11.6. The minimum Gasteiger partial charge on any atom is -0.491 e. The summed E-state index contributed by atoms with van der Waals surface area (Å²) in [6.07, 6.45) is 6.23. The van der Waals surface area contributed by atoms with Crippen LogP contribution < -0.4 is 4.74 Å². The zero-order valence-corrected chi connectivity index (χ0v) is 19.5. The van der Waals surface area contributed by atoms with Crippen molar-refractivity contribution in [3.63, 3.8) is 0 Å². The van der Waals surface area contributed by atoms with Gasteiger partial charge in [0, 0.05) is 51.4 Å². The van der Waals surface area contributed by atoms with Crippen molar-refractivity contribution in [3.05, 3.63) is 48.0 Å². The molecule has 1 aromatic carbocycles. The molecule has 2 fully saturated rings. The Hall–Kier alpha value is -2.34. The Balaban J connectivity index is 1.57. The number of ether oxygens (including phenoxy) is 1. The number of benzene rings is 1. The molecule has 2 aromatic rings. The van der Waals surface area contributed by atoms with Crippen molar-refractivity contribution in [2.45, 2.75) is 65.1 Å². The van der Waals surface area contributed by atoms with Crippen LogP contribution >= 0.6 is 0 Å². The lowest BCUT2D eigenvalue weighted by Crippen LogP contribution is -2.50. The Kier molecular flexibility index (Phi) is 6.11. The fourth-order valence-corrected chi connectivity index (χ4v) is 5.21. The molecule has 0 aliphatic carbocycles. The predicted octanol–water partition coefficient (Wildman–Crippen LogP) is 4.09. The summed E-state index contributed by atoms with van der Waals surface area (Å²) in [6, 6.07) is 8.73. The zero-order chi connectivity index (χ0) is 22.2. The number of aromatic nitrogens is 2. The molecule has 31 heavy (non-hydrogen) atoms. The minimum absolute atomic E-state index is 0.131. The van der Waals surface area contributed by atoms with E-state index in [1.165, 1.54) is 5.56 Å². The summed E-state index contributed by atoms with van der Waals surface area (Å²) < 4.78 is 7.93. The first-order valence-electron chi connectivity index (χ1n) is 11.6. The summed E-state index contributed by atoms with van der Waals surface area (Å²) in [5.41, 5.74) is 1.93. The molecule has 6 heteroatoms. The van der Waals surface area contributed by atoms with E-state index >= 15 is 0 Å². The molecule has 1 spiro atoms. The Morgan fingerprint density at radius 3 is 2.58 bits per heavy atom. The van der Waals surface area contributed by atoms with Crippen LogP contribution in [0.15, 0.2) is 36.8 Å². The molecule has 3 heterocycles. The molecule has 4 rings (SSSR count). The van der Waals surface area contributed by atoms with Gasteiger partial charge in [-0.25, -0.2) is 4.98 Å². The summed E-state index contributed by atoms with van der Waals surface area (Å²) in [4.78, 5) is 22.6. The fraction of sp³-hybridized carbons (Fsp3) is 0.600. The lowest BCUT2D eigenvalue weighted by molar-refractivity contribution is -0.145. The highest BCUT2D eigenvalue weighted by molar-refractivity contribution is 5.85. The number of hydrogen-bond donors (Lipinski definition) is 0. The molecule has 1 amide bonds. The molecule has 6 nitrogen and oxygen atoms in total. The van der Waals surface area contributed by atoms with E-state index in [-0.39, 0.29) is 23.3 Å². The highest BCUT2D eigenvalue weighted by Gasteiger charge is 2.55. The van der Waals surface area contributed by atoms with Crippen LogP contribution in [-0.4, -0.2) is 58.0 Å². The average molecular weight is 425 g/mol. The Labute approximate surface area is 186 Å². The van der Waals surface area contributed by atoms with Crippen molar-refractivity contribution in [1.82, 2.24) is 19.4 Å². The zero-order valence-electron chi connectivity index (χ0n) is 19.5. The quantitative estimate of drug-likeness (QED) is 0.701. The van der Waals surface area contributed by atoms with Crippen molar-refractivity contribution in [2.75, 3.05) is 26.7 Å². The van der Waals surface area contributed by atoms with E-state index in [0.717, 1.165) is 50.5 Å². The number of hydrogen-bond acceptors (Lipinski definition) is 4. The van der Waals surface area contributed by atoms with E-state index < -0.39 is 0 Å². The smallest absolute Gasteiger partial charge is 0.230 e. The van der Waals surface area contributed by atoms with Gasteiger partial charge in [-0.2, -0.15) is 0 Å². The van der Waals surface area contributed by atoms with Crippen LogP contribution in [0.5, 0.6) is 5.75 Å². The molecule has 2 aliphatic heterocycles. The van der Waals surface area contributed by atoms with Crippen molar-refractivity contribution in [2.24, 2.45) is 5.41 Å². The second-order valence-corrected chi connectivity index (χ2v) is 9.86. The molecule has 2 aliphatic rings. The van der Waals surface area contributed by atoms with Crippen LogP contribution in [0.3, 0.4) is 0 Å².